The van der Waals surface area contributed by atoms with Crippen LogP contribution in [-0.2, 0) is 0 Å². The van der Waals surface area contributed by atoms with Gasteiger partial charge in [-0.05, 0) is 78.8 Å². The van der Waals surface area contributed by atoms with Gasteiger partial charge in [0, 0.05) is 11.8 Å². The molecule has 134 valence electrons. The van der Waals surface area contributed by atoms with Crippen LogP contribution >= 0.6 is 0 Å². The van der Waals surface area contributed by atoms with Gasteiger partial charge in [0.05, 0.1) is 11.9 Å². The van der Waals surface area contributed by atoms with Crippen molar-refractivity contribution < 1.29 is 0 Å². The van der Waals surface area contributed by atoms with E-state index in [-0.39, 0.29) is 0 Å². The lowest BCUT2D eigenvalue weighted by Gasteiger charge is -2.11. The van der Waals surface area contributed by atoms with Gasteiger partial charge in [-0.1, -0.05) is 48.5 Å². The first-order valence-corrected chi connectivity index (χ1v) is 9.33. The van der Waals surface area contributed by atoms with E-state index in [0.717, 1.165) is 11.3 Å². The molecule has 1 heterocycles. The highest BCUT2D eigenvalue weighted by Gasteiger charge is 2.10. The molecule has 4 aromatic rings. The van der Waals surface area contributed by atoms with Crippen LogP contribution in [0.3, 0.4) is 0 Å². The highest BCUT2D eigenvalue weighted by molar-refractivity contribution is 5.72. The number of benzene rings is 3. The first kappa shape index (κ1) is 17.3. The largest absolute Gasteiger partial charge is 0.240 e. The number of hydrogen-bond donors (Lipinski definition) is 0. The van der Waals surface area contributed by atoms with Gasteiger partial charge in [0.1, 0.15) is 0 Å². The molecular formula is C25H24N2. The van der Waals surface area contributed by atoms with Gasteiger partial charge in [-0.25, -0.2) is 4.68 Å². The molecule has 0 aliphatic heterocycles. The second-order valence-electron chi connectivity index (χ2n) is 7.25. The van der Waals surface area contributed by atoms with Crippen molar-refractivity contribution in [3.05, 3.63) is 95.3 Å². The summed E-state index contributed by atoms with van der Waals surface area (Å²) in [5.41, 5.74) is 11.2. The average molecular weight is 352 g/mol. The predicted octanol–water partition coefficient (Wildman–Crippen LogP) is 6.44. The number of rotatable bonds is 3. The Balaban J connectivity index is 1.69. The smallest absolute Gasteiger partial charge is 0.0646 e. The van der Waals surface area contributed by atoms with Crippen LogP contribution < -0.4 is 0 Å². The molecule has 2 nitrogen and oxygen atoms in total. The topological polar surface area (TPSA) is 17.8 Å². The maximum Gasteiger partial charge on any atom is 0.0646 e. The van der Waals surface area contributed by atoms with E-state index in [1.165, 1.54) is 38.9 Å². The quantitative estimate of drug-likeness (QED) is 0.415. The van der Waals surface area contributed by atoms with Gasteiger partial charge < -0.3 is 0 Å². The van der Waals surface area contributed by atoms with Gasteiger partial charge in [0.25, 0.3) is 0 Å². The summed E-state index contributed by atoms with van der Waals surface area (Å²) in [5.74, 6) is 0. The molecule has 0 fully saturated rings. The number of aromatic nitrogens is 2. The molecule has 2 heteroatoms. The van der Waals surface area contributed by atoms with Crippen LogP contribution in [0.25, 0.3) is 27.9 Å². The SMILES string of the molecule is Cc1cccc(C)c1-c1ccc(-n2cc(-c3c(C)cccc3C)cn2)cc1. The summed E-state index contributed by atoms with van der Waals surface area (Å²) in [7, 11) is 0. The van der Waals surface area contributed by atoms with Crippen LogP contribution in [-0.4, -0.2) is 9.78 Å². The Bertz CT molecular complexity index is 1060. The summed E-state index contributed by atoms with van der Waals surface area (Å²) in [6.07, 6.45) is 4.07. The fourth-order valence-corrected chi connectivity index (χ4v) is 3.91. The minimum absolute atomic E-state index is 1.07. The van der Waals surface area contributed by atoms with Crippen LogP contribution in [0.5, 0.6) is 0 Å². The zero-order valence-corrected chi connectivity index (χ0v) is 16.3. The third-order valence-electron chi connectivity index (χ3n) is 5.25. The third-order valence-corrected chi connectivity index (χ3v) is 5.25. The Labute approximate surface area is 161 Å². The molecule has 0 atom stereocenters. The average Bonchev–Trinajstić information content (AvgIpc) is 3.12. The van der Waals surface area contributed by atoms with Crippen LogP contribution in [0.2, 0.25) is 0 Å². The van der Waals surface area contributed by atoms with E-state index in [0.29, 0.717) is 0 Å². The molecule has 0 unspecified atom stereocenters. The second-order valence-corrected chi connectivity index (χ2v) is 7.25. The van der Waals surface area contributed by atoms with E-state index in [1.54, 1.807) is 0 Å². The van der Waals surface area contributed by atoms with Crippen LogP contribution in [0.4, 0.5) is 0 Å². The van der Waals surface area contributed by atoms with Crippen molar-refractivity contribution in [1.82, 2.24) is 9.78 Å². The first-order valence-electron chi connectivity index (χ1n) is 9.33. The van der Waals surface area contributed by atoms with Crippen LogP contribution in [0.15, 0.2) is 73.1 Å². The van der Waals surface area contributed by atoms with E-state index < -0.39 is 0 Å². The molecular weight excluding hydrogens is 328 g/mol. The number of hydrogen-bond acceptors (Lipinski definition) is 1. The van der Waals surface area contributed by atoms with E-state index in [2.05, 4.69) is 99.7 Å². The molecule has 0 radical (unpaired) electrons. The summed E-state index contributed by atoms with van der Waals surface area (Å²) < 4.78 is 1.95. The van der Waals surface area contributed by atoms with Crippen molar-refractivity contribution in [1.29, 1.82) is 0 Å². The van der Waals surface area contributed by atoms with E-state index in [1.807, 2.05) is 10.9 Å². The fourth-order valence-electron chi connectivity index (χ4n) is 3.91. The highest BCUT2D eigenvalue weighted by atomic mass is 15.3. The van der Waals surface area contributed by atoms with E-state index in [9.17, 15) is 0 Å². The molecule has 4 rings (SSSR count). The predicted molar refractivity (Wildman–Crippen MR) is 113 cm³/mol. The van der Waals surface area contributed by atoms with E-state index >= 15 is 0 Å². The van der Waals surface area contributed by atoms with Gasteiger partial charge in [-0.15, -0.1) is 0 Å². The maximum atomic E-state index is 4.60. The lowest BCUT2D eigenvalue weighted by atomic mass is 9.96. The van der Waals surface area contributed by atoms with Gasteiger partial charge >= 0.3 is 0 Å². The van der Waals surface area contributed by atoms with Crippen LogP contribution in [0.1, 0.15) is 22.3 Å². The van der Waals surface area contributed by atoms with Crippen molar-refractivity contribution in [2.45, 2.75) is 27.7 Å². The Morgan fingerprint density at radius 3 is 1.59 bits per heavy atom. The monoisotopic (exact) mass is 352 g/mol. The molecule has 0 aliphatic carbocycles. The van der Waals surface area contributed by atoms with Gasteiger partial charge in [0.15, 0.2) is 0 Å². The molecule has 0 N–H and O–H groups in total. The second kappa shape index (κ2) is 6.88. The molecule has 0 bridgehead atoms. The Morgan fingerprint density at radius 1 is 0.593 bits per heavy atom. The molecule has 3 aromatic carbocycles. The molecule has 27 heavy (non-hydrogen) atoms. The molecule has 0 spiro atoms. The lowest BCUT2D eigenvalue weighted by molar-refractivity contribution is 0.881. The highest BCUT2D eigenvalue weighted by Crippen LogP contribution is 2.29. The van der Waals surface area contributed by atoms with Crippen LogP contribution in [0, 0.1) is 27.7 Å². The van der Waals surface area contributed by atoms with E-state index in [4.69, 9.17) is 0 Å². The number of aryl methyl sites for hydroxylation is 4. The van der Waals surface area contributed by atoms with Crippen molar-refractivity contribution in [2.24, 2.45) is 0 Å². The summed E-state index contributed by atoms with van der Waals surface area (Å²) in [6.45, 7) is 8.64. The molecule has 1 aromatic heterocycles. The van der Waals surface area contributed by atoms with Crippen molar-refractivity contribution in [2.75, 3.05) is 0 Å². The van der Waals surface area contributed by atoms with Crippen molar-refractivity contribution >= 4 is 0 Å². The van der Waals surface area contributed by atoms with Gasteiger partial charge in [0.2, 0.25) is 0 Å². The Kier molecular flexibility index (Phi) is 4.41. The molecule has 0 saturated carbocycles. The maximum absolute atomic E-state index is 4.60. The van der Waals surface area contributed by atoms with Gasteiger partial charge in [-0.3, -0.25) is 0 Å². The summed E-state index contributed by atoms with van der Waals surface area (Å²) >= 11 is 0. The summed E-state index contributed by atoms with van der Waals surface area (Å²) in [4.78, 5) is 0. The normalized spacial score (nSPS) is 11.0. The standard InChI is InChI=1S/C25H24N2/c1-17-7-5-8-18(2)24(17)21-11-13-23(14-12-21)27-16-22(15-26-27)25-19(3)9-6-10-20(25)4/h5-16H,1-4H3. The third kappa shape index (κ3) is 3.19. The minimum atomic E-state index is 1.07. The Morgan fingerprint density at radius 2 is 1.07 bits per heavy atom. The fraction of sp³-hybridized carbons (Fsp3) is 0.160. The minimum Gasteiger partial charge on any atom is -0.240 e. The zero-order valence-electron chi connectivity index (χ0n) is 16.3. The molecule has 0 aliphatic rings. The molecule has 0 saturated heterocycles. The number of nitrogens with zero attached hydrogens (tertiary/aromatic N) is 2. The Hall–Kier alpha value is -3.13. The first-order chi connectivity index (χ1) is 13.0. The summed E-state index contributed by atoms with van der Waals surface area (Å²) in [5, 5.41) is 4.60. The molecule has 0 amide bonds. The van der Waals surface area contributed by atoms with Crippen molar-refractivity contribution in [3.8, 4) is 27.9 Å². The zero-order chi connectivity index (χ0) is 19.0. The lowest BCUT2D eigenvalue weighted by Crippen LogP contribution is -1.94. The van der Waals surface area contributed by atoms with Gasteiger partial charge in [-0.2, -0.15) is 5.10 Å². The van der Waals surface area contributed by atoms with Crippen molar-refractivity contribution in [3.63, 3.8) is 0 Å². The summed E-state index contributed by atoms with van der Waals surface area (Å²) in [6, 6.07) is 21.5.